The molecule has 0 saturated heterocycles. The summed E-state index contributed by atoms with van der Waals surface area (Å²) < 4.78 is 33.0. The van der Waals surface area contributed by atoms with Gasteiger partial charge in [0.2, 0.25) is 5.91 Å². The molecule has 2 aromatic carbocycles. The van der Waals surface area contributed by atoms with Gasteiger partial charge in [-0.25, -0.2) is 13.8 Å². The number of benzene rings is 2. The van der Waals surface area contributed by atoms with Crippen molar-refractivity contribution >= 4 is 23.4 Å². The Labute approximate surface area is 163 Å². The van der Waals surface area contributed by atoms with Crippen molar-refractivity contribution in [2.24, 2.45) is 0 Å². The second-order valence-corrected chi connectivity index (χ2v) is 6.53. The van der Waals surface area contributed by atoms with E-state index >= 15 is 0 Å². The van der Waals surface area contributed by atoms with Gasteiger partial charge in [-0.05, 0) is 36.4 Å². The van der Waals surface area contributed by atoms with E-state index < -0.39 is 23.1 Å². The molecule has 0 spiro atoms. The molecule has 1 N–H and O–H groups in total. The molecule has 0 aliphatic carbocycles. The van der Waals surface area contributed by atoms with Crippen molar-refractivity contribution in [3.05, 3.63) is 76.8 Å². The minimum atomic E-state index is -0.877. The van der Waals surface area contributed by atoms with Crippen molar-refractivity contribution in [2.75, 3.05) is 18.2 Å². The lowest BCUT2D eigenvalue weighted by Gasteiger charge is -2.09. The van der Waals surface area contributed by atoms with Crippen molar-refractivity contribution in [3.63, 3.8) is 0 Å². The van der Waals surface area contributed by atoms with Gasteiger partial charge in [-0.1, -0.05) is 11.8 Å². The number of nitrogens with zero attached hydrogens (tertiary/aromatic N) is 2. The van der Waals surface area contributed by atoms with Gasteiger partial charge in [0.25, 0.3) is 5.56 Å². The quantitative estimate of drug-likeness (QED) is 0.640. The Bertz CT molecular complexity index is 1060. The third-order valence-electron chi connectivity index (χ3n) is 3.71. The number of anilines is 1. The van der Waals surface area contributed by atoms with Crippen LogP contribution in [0.1, 0.15) is 0 Å². The highest BCUT2D eigenvalue weighted by atomic mass is 32.2. The van der Waals surface area contributed by atoms with Crippen LogP contribution in [0.2, 0.25) is 0 Å². The molecule has 1 amide bonds. The Morgan fingerprint density at radius 1 is 1.21 bits per heavy atom. The van der Waals surface area contributed by atoms with E-state index in [4.69, 9.17) is 4.74 Å². The lowest BCUT2D eigenvalue weighted by molar-refractivity contribution is -0.113. The fourth-order valence-corrected chi connectivity index (χ4v) is 3.05. The Kier molecular flexibility index (Phi) is 6.05. The summed E-state index contributed by atoms with van der Waals surface area (Å²) in [6.45, 7) is 0. The number of hydrogen-bond acceptors (Lipinski definition) is 5. The normalized spacial score (nSPS) is 10.5. The maximum Gasteiger partial charge on any atom is 0.287 e. The van der Waals surface area contributed by atoms with Crippen LogP contribution in [0.3, 0.4) is 0 Å². The van der Waals surface area contributed by atoms with Gasteiger partial charge >= 0.3 is 0 Å². The van der Waals surface area contributed by atoms with Crippen LogP contribution >= 0.6 is 11.8 Å². The predicted octanol–water partition coefficient (Wildman–Crippen LogP) is 3.25. The Balaban J connectivity index is 1.70. The first-order valence-corrected chi connectivity index (χ1v) is 9.06. The van der Waals surface area contributed by atoms with Crippen molar-refractivity contribution in [3.8, 4) is 11.4 Å². The van der Waals surface area contributed by atoms with Crippen LogP contribution < -0.4 is 15.6 Å². The lowest BCUT2D eigenvalue weighted by Crippen LogP contribution is -2.22. The summed E-state index contributed by atoms with van der Waals surface area (Å²) >= 11 is 0.922. The van der Waals surface area contributed by atoms with Crippen LogP contribution in [0.4, 0.5) is 14.5 Å². The van der Waals surface area contributed by atoms with E-state index in [1.807, 2.05) is 0 Å². The number of nitrogens with one attached hydrogen (secondary N) is 1. The lowest BCUT2D eigenvalue weighted by atomic mass is 10.3. The van der Waals surface area contributed by atoms with Crippen LogP contribution in [-0.2, 0) is 4.79 Å². The first-order valence-electron chi connectivity index (χ1n) is 8.07. The van der Waals surface area contributed by atoms with Crippen LogP contribution in [0.25, 0.3) is 5.69 Å². The van der Waals surface area contributed by atoms with Gasteiger partial charge in [0.05, 0.1) is 18.6 Å². The number of aromatic nitrogens is 2. The molecule has 0 fully saturated rings. The number of thioether (sulfide) groups is 1. The Morgan fingerprint density at radius 2 is 1.96 bits per heavy atom. The van der Waals surface area contributed by atoms with Crippen LogP contribution in [0.5, 0.6) is 5.75 Å². The molecule has 3 aromatic rings. The standard InChI is InChI=1S/C19H15F2N3O3S/c1-27-14-5-3-13(4-6-14)24-9-8-22-18(19(24)26)28-11-17(25)23-16-7-2-12(20)10-15(16)21/h2-10H,11H2,1H3,(H,23,25). The molecule has 1 heterocycles. The number of carbonyl (C=O) groups is 1. The summed E-state index contributed by atoms with van der Waals surface area (Å²) in [7, 11) is 1.55. The fraction of sp³-hybridized carbons (Fsp3) is 0.105. The van der Waals surface area contributed by atoms with Crippen molar-refractivity contribution in [1.29, 1.82) is 0 Å². The van der Waals surface area contributed by atoms with E-state index in [2.05, 4.69) is 10.3 Å². The number of carbonyl (C=O) groups excluding carboxylic acids is 1. The average molecular weight is 403 g/mol. The molecule has 0 unspecified atom stereocenters. The third kappa shape index (κ3) is 4.55. The summed E-state index contributed by atoms with van der Waals surface area (Å²) in [5.74, 6) is -1.66. The summed E-state index contributed by atoms with van der Waals surface area (Å²) in [5, 5.41) is 2.45. The zero-order valence-corrected chi connectivity index (χ0v) is 15.5. The van der Waals surface area contributed by atoms with Gasteiger partial charge < -0.3 is 10.1 Å². The molecule has 28 heavy (non-hydrogen) atoms. The number of amides is 1. The molecule has 0 saturated carbocycles. The molecule has 0 radical (unpaired) electrons. The molecule has 0 aliphatic heterocycles. The van der Waals surface area contributed by atoms with Gasteiger partial charge in [-0.2, -0.15) is 0 Å². The second kappa shape index (κ2) is 8.66. The van der Waals surface area contributed by atoms with Gasteiger partial charge in [0.1, 0.15) is 17.4 Å². The van der Waals surface area contributed by atoms with E-state index in [1.165, 1.54) is 17.0 Å². The molecule has 0 bridgehead atoms. The number of hydrogen-bond donors (Lipinski definition) is 1. The molecule has 6 nitrogen and oxygen atoms in total. The van der Waals surface area contributed by atoms with Gasteiger partial charge in [-0.15, -0.1) is 0 Å². The zero-order chi connectivity index (χ0) is 20.1. The number of ether oxygens (including phenoxy) is 1. The summed E-state index contributed by atoms with van der Waals surface area (Å²) in [5.41, 5.74) is 0.0926. The predicted molar refractivity (Wildman–Crippen MR) is 102 cm³/mol. The van der Waals surface area contributed by atoms with Crippen molar-refractivity contribution in [2.45, 2.75) is 5.03 Å². The van der Waals surface area contributed by atoms with Crippen LogP contribution in [0.15, 0.2) is 64.7 Å². The monoisotopic (exact) mass is 403 g/mol. The van der Waals surface area contributed by atoms with E-state index in [0.29, 0.717) is 17.5 Å². The molecular formula is C19H15F2N3O3S. The first kappa shape index (κ1) is 19.6. The van der Waals surface area contributed by atoms with Gasteiger partial charge in [0.15, 0.2) is 5.03 Å². The fourth-order valence-electron chi connectivity index (χ4n) is 2.35. The highest BCUT2D eigenvalue weighted by Crippen LogP contribution is 2.18. The zero-order valence-electron chi connectivity index (χ0n) is 14.7. The topological polar surface area (TPSA) is 73.2 Å². The maximum absolute atomic E-state index is 13.6. The minimum Gasteiger partial charge on any atom is -0.497 e. The van der Waals surface area contributed by atoms with Crippen LogP contribution in [-0.4, -0.2) is 28.3 Å². The number of methoxy groups -OCH3 is 1. The largest absolute Gasteiger partial charge is 0.497 e. The molecular weight excluding hydrogens is 388 g/mol. The molecule has 3 rings (SSSR count). The average Bonchev–Trinajstić information content (AvgIpc) is 2.69. The second-order valence-electron chi connectivity index (χ2n) is 5.57. The Hall–Kier alpha value is -3.20. The molecule has 0 atom stereocenters. The van der Waals surface area contributed by atoms with Crippen molar-refractivity contribution < 1.29 is 18.3 Å². The molecule has 1 aromatic heterocycles. The maximum atomic E-state index is 13.6. The summed E-state index contributed by atoms with van der Waals surface area (Å²) in [6.07, 6.45) is 2.97. The number of rotatable bonds is 6. The van der Waals surface area contributed by atoms with E-state index in [0.717, 1.165) is 23.9 Å². The van der Waals surface area contributed by atoms with Gasteiger partial charge in [0, 0.05) is 24.1 Å². The van der Waals surface area contributed by atoms with E-state index in [1.54, 1.807) is 31.4 Å². The molecule has 9 heteroatoms. The third-order valence-corrected chi connectivity index (χ3v) is 4.67. The highest BCUT2D eigenvalue weighted by molar-refractivity contribution is 7.99. The summed E-state index contributed by atoms with van der Waals surface area (Å²) in [6, 6.07) is 9.73. The van der Waals surface area contributed by atoms with E-state index in [9.17, 15) is 18.4 Å². The Morgan fingerprint density at radius 3 is 2.64 bits per heavy atom. The molecule has 144 valence electrons. The van der Waals surface area contributed by atoms with E-state index in [-0.39, 0.29) is 16.5 Å². The minimum absolute atomic E-state index is 0.119. The van der Waals surface area contributed by atoms with Crippen molar-refractivity contribution in [1.82, 2.24) is 9.55 Å². The smallest absolute Gasteiger partial charge is 0.287 e. The highest BCUT2D eigenvalue weighted by Gasteiger charge is 2.12. The number of halogens is 2. The first-order chi connectivity index (χ1) is 13.5. The summed E-state index contributed by atoms with van der Waals surface area (Å²) in [4.78, 5) is 28.6. The van der Waals surface area contributed by atoms with Gasteiger partial charge in [-0.3, -0.25) is 14.2 Å². The SMILES string of the molecule is COc1ccc(-n2ccnc(SCC(=O)Nc3ccc(F)cc3F)c2=O)cc1. The van der Waals surface area contributed by atoms with Crippen LogP contribution in [0, 0.1) is 11.6 Å². The molecule has 0 aliphatic rings.